The number of benzene rings is 2. The maximum Gasteiger partial charge on any atom is 0.185 e. The van der Waals surface area contributed by atoms with E-state index in [1.807, 2.05) is 6.92 Å². The van der Waals surface area contributed by atoms with Crippen molar-refractivity contribution in [2.75, 3.05) is 5.32 Å². The first kappa shape index (κ1) is 14.4. The molecule has 0 heterocycles. The molecule has 0 saturated carbocycles. The van der Waals surface area contributed by atoms with E-state index < -0.39 is 34.3 Å². The predicted molar refractivity (Wildman–Crippen MR) is 70.2 cm³/mol. The zero-order valence-corrected chi connectivity index (χ0v) is 10.8. The number of nitriles is 2. The first-order chi connectivity index (χ1) is 9.99. The number of rotatable bonds is 2. The smallest absolute Gasteiger partial charge is 0.185 e. The summed E-state index contributed by atoms with van der Waals surface area (Å²) in [4.78, 5) is 0. The van der Waals surface area contributed by atoms with E-state index in [0.29, 0.717) is 5.69 Å². The normalized spacial score (nSPS) is 9.81. The molecular weight excluding hydrogens is 279 g/mol. The van der Waals surface area contributed by atoms with Crippen LogP contribution in [0.2, 0.25) is 0 Å². The molecule has 2 rings (SSSR count). The van der Waals surface area contributed by atoms with Crippen LogP contribution >= 0.6 is 0 Å². The third kappa shape index (κ3) is 2.52. The van der Waals surface area contributed by atoms with Gasteiger partial charge < -0.3 is 5.32 Å². The summed E-state index contributed by atoms with van der Waals surface area (Å²) in [5.41, 5.74) is -1.18. The van der Waals surface area contributed by atoms with E-state index in [2.05, 4.69) is 5.32 Å². The minimum atomic E-state index is -1.62. The Kier molecular flexibility index (Phi) is 3.82. The van der Waals surface area contributed by atoms with Crippen LogP contribution in [0, 0.1) is 47.0 Å². The Morgan fingerprint density at radius 2 is 1.43 bits per heavy atom. The fourth-order valence-corrected chi connectivity index (χ4v) is 1.76. The van der Waals surface area contributed by atoms with E-state index in [4.69, 9.17) is 10.5 Å². The highest BCUT2D eigenvalue weighted by Crippen LogP contribution is 2.30. The first-order valence-electron chi connectivity index (χ1n) is 5.84. The lowest BCUT2D eigenvalue weighted by atomic mass is 10.1. The molecule has 1 N–H and O–H groups in total. The van der Waals surface area contributed by atoms with E-state index in [1.54, 1.807) is 24.3 Å². The van der Waals surface area contributed by atoms with Crippen LogP contribution in [-0.4, -0.2) is 0 Å². The van der Waals surface area contributed by atoms with E-state index in [0.717, 1.165) is 5.56 Å². The molecular formula is C15H8F3N3. The van der Waals surface area contributed by atoms with Crippen LogP contribution in [0.1, 0.15) is 16.7 Å². The molecule has 0 aliphatic heterocycles. The largest absolute Gasteiger partial charge is 0.352 e. The number of hydrogen-bond donors (Lipinski definition) is 1. The zero-order valence-electron chi connectivity index (χ0n) is 10.8. The molecule has 0 aliphatic carbocycles. The highest BCUT2D eigenvalue weighted by molar-refractivity contribution is 5.69. The Hall–Kier alpha value is -2.99. The molecule has 0 spiro atoms. The molecule has 0 saturated heterocycles. The summed E-state index contributed by atoms with van der Waals surface area (Å²) in [6, 6.07) is 9.22. The molecule has 0 radical (unpaired) electrons. The fourth-order valence-electron chi connectivity index (χ4n) is 1.76. The number of hydrogen-bond acceptors (Lipinski definition) is 3. The van der Waals surface area contributed by atoms with Gasteiger partial charge in [-0.1, -0.05) is 17.7 Å². The number of halogens is 3. The van der Waals surface area contributed by atoms with Gasteiger partial charge in [0.25, 0.3) is 0 Å². The topological polar surface area (TPSA) is 59.6 Å². The summed E-state index contributed by atoms with van der Waals surface area (Å²) in [7, 11) is 0. The second-order valence-electron chi connectivity index (χ2n) is 4.28. The predicted octanol–water partition coefficient (Wildman–Crippen LogP) is 3.90. The summed E-state index contributed by atoms with van der Waals surface area (Å²) < 4.78 is 41.4. The van der Waals surface area contributed by atoms with Gasteiger partial charge in [0.1, 0.15) is 23.3 Å². The lowest BCUT2D eigenvalue weighted by Gasteiger charge is -2.12. The third-order valence-electron chi connectivity index (χ3n) is 2.87. The summed E-state index contributed by atoms with van der Waals surface area (Å²) in [5, 5.41) is 20.0. The summed E-state index contributed by atoms with van der Waals surface area (Å²) in [6.07, 6.45) is 0. The molecule has 3 nitrogen and oxygen atoms in total. The minimum absolute atomic E-state index is 0.361. The van der Waals surface area contributed by atoms with E-state index >= 15 is 0 Å². The summed E-state index contributed by atoms with van der Waals surface area (Å²) in [5.74, 6) is -4.47. The van der Waals surface area contributed by atoms with E-state index in [9.17, 15) is 13.2 Å². The Labute approximate surface area is 118 Å². The summed E-state index contributed by atoms with van der Waals surface area (Å²) in [6.45, 7) is 1.84. The molecule has 2 aromatic rings. The quantitative estimate of drug-likeness (QED) is 0.852. The monoisotopic (exact) mass is 287 g/mol. The van der Waals surface area contributed by atoms with Crippen LogP contribution in [0.3, 0.4) is 0 Å². The van der Waals surface area contributed by atoms with E-state index in [-0.39, 0.29) is 0 Å². The Morgan fingerprint density at radius 1 is 0.857 bits per heavy atom. The van der Waals surface area contributed by atoms with Gasteiger partial charge in [-0.3, -0.25) is 0 Å². The number of anilines is 2. The first-order valence-corrected chi connectivity index (χ1v) is 5.84. The molecule has 0 amide bonds. The maximum atomic E-state index is 13.9. The number of nitrogens with zero attached hydrogens (tertiary/aromatic N) is 2. The van der Waals surface area contributed by atoms with Crippen molar-refractivity contribution in [2.45, 2.75) is 6.92 Å². The van der Waals surface area contributed by atoms with Crippen LogP contribution in [0.5, 0.6) is 0 Å². The number of nitrogens with one attached hydrogen (secondary N) is 1. The molecule has 21 heavy (non-hydrogen) atoms. The zero-order chi connectivity index (χ0) is 15.6. The van der Waals surface area contributed by atoms with Gasteiger partial charge in [0.2, 0.25) is 0 Å². The van der Waals surface area contributed by atoms with Gasteiger partial charge in [0, 0.05) is 5.69 Å². The van der Waals surface area contributed by atoms with E-state index in [1.165, 1.54) is 12.1 Å². The van der Waals surface area contributed by atoms with Crippen molar-refractivity contribution in [3.05, 3.63) is 58.4 Å². The van der Waals surface area contributed by atoms with Gasteiger partial charge in [0.15, 0.2) is 17.5 Å². The van der Waals surface area contributed by atoms with Crippen LogP contribution in [-0.2, 0) is 0 Å². The molecule has 0 atom stereocenters. The molecule has 104 valence electrons. The Bertz CT molecular complexity index is 784. The SMILES string of the molecule is Cc1ccc(Nc2c(F)c(F)c(C#N)c(F)c2C#N)cc1. The van der Waals surface area contributed by atoms with Gasteiger partial charge in [-0.25, -0.2) is 13.2 Å². The van der Waals surface area contributed by atoms with Crippen LogP contribution in [0.25, 0.3) is 0 Å². The van der Waals surface area contributed by atoms with Crippen molar-refractivity contribution in [3.63, 3.8) is 0 Å². The van der Waals surface area contributed by atoms with Crippen LogP contribution in [0.15, 0.2) is 24.3 Å². The van der Waals surface area contributed by atoms with Crippen molar-refractivity contribution >= 4 is 11.4 Å². The standard InChI is InChI=1S/C15H8F3N3/c1-8-2-4-9(5-3-8)21-15-11(7-20)12(16)10(6-19)13(17)14(15)18/h2-5,21H,1H3. The lowest BCUT2D eigenvalue weighted by molar-refractivity contribution is 0.493. The second kappa shape index (κ2) is 5.56. The lowest BCUT2D eigenvalue weighted by Crippen LogP contribution is -2.06. The molecule has 0 unspecified atom stereocenters. The van der Waals surface area contributed by atoms with Crippen molar-refractivity contribution < 1.29 is 13.2 Å². The molecule has 2 aromatic carbocycles. The fraction of sp³-hybridized carbons (Fsp3) is 0.0667. The van der Waals surface area contributed by atoms with Gasteiger partial charge >= 0.3 is 0 Å². The van der Waals surface area contributed by atoms with Crippen LogP contribution < -0.4 is 5.32 Å². The van der Waals surface area contributed by atoms with Crippen molar-refractivity contribution in [1.82, 2.24) is 0 Å². The number of aryl methyl sites for hydroxylation is 1. The molecule has 0 aromatic heterocycles. The van der Waals surface area contributed by atoms with Crippen molar-refractivity contribution in [3.8, 4) is 12.1 Å². The van der Waals surface area contributed by atoms with Crippen LogP contribution in [0.4, 0.5) is 24.5 Å². The molecule has 0 bridgehead atoms. The average molecular weight is 287 g/mol. The van der Waals surface area contributed by atoms with Crippen molar-refractivity contribution in [2.24, 2.45) is 0 Å². The van der Waals surface area contributed by atoms with Gasteiger partial charge in [-0.15, -0.1) is 0 Å². The van der Waals surface area contributed by atoms with Gasteiger partial charge in [-0.05, 0) is 19.1 Å². The van der Waals surface area contributed by atoms with Gasteiger partial charge in [0.05, 0.1) is 5.69 Å². The average Bonchev–Trinajstić information content (AvgIpc) is 2.47. The maximum absolute atomic E-state index is 13.9. The highest BCUT2D eigenvalue weighted by atomic mass is 19.2. The minimum Gasteiger partial charge on any atom is -0.352 e. The molecule has 0 aliphatic rings. The third-order valence-corrected chi connectivity index (χ3v) is 2.87. The second-order valence-corrected chi connectivity index (χ2v) is 4.28. The van der Waals surface area contributed by atoms with Gasteiger partial charge in [-0.2, -0.15) is 10.5 Å². The molecule has 0 fully saturated rings. The summed E-state index contributed by atoms with van der Waals surface area (Å²) >= 11 is 0. The Morgan fingerprint density at radius 3 is 1.95 bits per heavy atom. The molecule has 6 heteroatoms. The highest BCUT2D eigenvalue weighted by Gasteiger charge is 2.25. The Balaban J connectivity index is 2.61. The van der Waals surface area contributed by atoms with Crippen molar-refractivity contribution in [1.29, 1.82) is 10.5 Å².